The van der Waals surface area contributed by atoms with Gasteiger partial charge in [-0.3, -0.25) is 4.98 Å². The van der Waals surface area contributed by atoms with Crippen LogP contribution in [0.15, 0.2) is 18.3 Å². The molecule has 0 saturated carbocycles. The number of hydrogen-bond donors (Lipinski definition) is 0. The largest absolute Gasteiger partial charge is 0.514 e. The molecule has 2 aliphatic heterocycles. The van der Waals surface area contributed by atoms with E-state index in [1.165, 1.54) is 0 Å². The van der Waals surface area contributed by atoms with Crippen molar-refractivity contribution in [3.05, 3.63) is 18.3 Å². The van der Waals surface area contributed by atoms with Crippen LogP contribution in [-0.4, -0.2) is 66.1 Å². The Morgan fingerprint density at radius 3 is 2.21 bits per heavy atom. The second kappa shape index (κ2) is 7.23. The summed E-state index contributed by atoms with van der Waals surface area (Å²) in [6.07, 6.45) is 1.54. The van der Waals surface area contributed by atoms with Crippen molar-refractivity contribution in [1.82, 2.24) is 9.88 Å². The van der Waals surface area contributed by atoms with Crippen molar-refractivity contribution in [3.63, 3.8) is 0 Å². The van der Waals surface area contributed by atoms with Crippen LogP contribution in [-0.2, 0) is 14.0 Å². The lowest BCUT2D eigenvalue weighted by Gasteiger charge is -2.36. The first-order valence-corrected chi connectivity index (χ1v) is 9.92. The maximum absolute atomic E-state index is 12.2. The number of amides is 1. The summed E-state index contributed by atoms with van der Waals surface area (Å²) in [5.74, 6) is 0. The van der Waals surface area contributed by atoms with Gasteiger partial charge in [0.05, 0.1) is 16.8 Å². The number of anilines is 1. The lowest BCUT2D eigenvalue weighted by Crippen LogP contribution is -2.50. The Balaban J connectivity index is 1.64. The molecule has 0 radical (unpaired) electrons. The number of rotatable bonds is 2. The molecule has 7 nitrogen and oxygen atoms in total. The first-order valence-electron chi connectivity index (χ1n) is 9.92. The molecule has 3 heterocycles. The Hall–Kier alpha value is -1.80. The SMILES string of the molecule is CC(C)(C)OC(=O)N1CCN(c2ccnc(B3OC(C)(C)C(C)(C)O3)c2)CC1. The van der Waals surface area contributed by atoms with Crippen LogP contribution in [0.5, 0.6) is 0 Å². The molecular formula is C20H32BN3O4. The molecule has 0 N–H and O–H groups in total. The Morgan fingerprint density at radius 2 is 1.68 bits per heavy atom. The second-order valence-electron chi connectivity index (χ2n) is 9.48. The molecule has 8 heteroatoms. The van der Waals surface area contributed by atoms with E-state index in [1.807, 2.05) is 60.6 Å². The monoisotopic (exact) mass is 389 g/mol. The van der Waals surface area contributed by atoms with Crippen molar-refractivity contribution < 1.29 is 18.8 Å². The zero-order valence-corrected chi connectivity index (χ0v) is 18.1. The Morgan fingerprint density at radius 1 is 1.11 bits per heavy atom. The van der Waals surface area contributed by atoms with Gasteiger partial charge in [-0.1, -0.05) is 0 Å². The van der Waals surface area contributed by atoms with E-state index in [4.69, 9.17) is 14.0 Å². The number of pyridine rings is 1. The van der Waals surface area contributed by atoms with Gasteiger partial charge < -0.3 is 23.8 Å². The van der Waals surface area contributed by atoms with Crippen LogP contribution in [0.2, 0.25) is 0 Å². The van der Waals surface area contributed by atoms with Crippen molar-refractivity contribution in [2.45, 2.75) is 65.3 Å². The van der Waals surface area contributed by atoms with Crippen molar-refractivity contribution >= 4 is 24.5 Å². The molecule has 2 saturated heterocycles. The number of hydrogen-bond acceptors (Lipinski definition) is 6. The van der Waals surface area contributed by atoms with Gasteiger partial charge in [0.2, 0.25) is 0 Å². The van der Waals surface area contributed by atoms with Crippen molar-refractivity contribution in [2.24, 2.45) is 0 Å². The molecule has 0 spiro atoms. The summed E-state index contributed by atoms with van der Waals surface area (Å²) in [5, 5.41) is 0. The predicted octanol–water partition coefficient (Wildman–Crippen LogP) is 2.44. The summed E-state index contributed by atoms with van der Waals surface area (Å²) in [7, 11) is -0.479. The van der Waals surface area contributed by atoms with Gasteiger partial charge >= 0.3 is 13.2 Å². The molecule has 1 aromatic rings. The van der Waals surface area contributed by atoms with Gasteiger partial charge in [0, 0.05) is 38.1 Å². The van der Waals surface area contributed by atoms with Crippen molar-refractivity contribution in [2.75, 3.05) is 31.1 Å². The topological polar surface area (TPSA) is 64.1 Å². The first kappa shape index (κ1) is 20.9. The highest BCUT2D eigenvalue weighted by molar-refractivity contribution is 6.61. The van der Waals surface area contributed by atoms with Gasteiger partial charge in [-0.05, 0) is 60.6 Å². The standard InChI is InChI=1S/C20H32BN3O4/c1-18(2,3)26-17(25)24-12-10-23(11-13-24)15-8-9-22-16(14-15)21-27-19(4,5)20(6,7)28-21/h8-9,14H,10-13H2,1-7H3. The normalized spacial score (nSPS) is 21.8. The van der Waals surface area contributed by atoms with E-state index in [0.717, 1.165) is 24.4 Å². The minimum absolute atomic E-state index is 0.250. The molecule has 28 heavy (non-hydrogen) atoms. The highest BCUT2D eigenvalue weighted by Crippen LogP contribution is 2.36. The van der Waals surface area contributed by atoms with Crippen molar-refractivity contribution in [1.29, 1.82) is 0 Å². The van der Waals surface area contributed by atoms with E-state index in [9.17, 15) is 4.79 Å². The lowest BCUT2D eigenvalue weighted by atomic mass is 9.84. The van der Waals surface area contributed by atoms with Crippen LogP contribution in [0.25, 0.3) is 0 Å². The molecule has 0 atom stereocenters. The van der Waals surface area contributed by atoms with Crippen LogP contribution < -0.4 is 10.5 Å². The Labute approximate surface area is 168 Å². The quantitative estimate of drug-likeness (QED) is 0.724. The van der Waals surface area contributed by atoms with E-state index in [2.05, 4.69) is 9.88 Å². The molecule has 1 aromatic heterocycles. The maximum Gasteiger partial charge on any atom is 0.514 e. The number of ether oxygens (including phenoxy) is 1. The highest BCUT2D eigenvalue weighted by Gasteiger charge is 2.52. The van der Waals surface area contributed by atoms with Gasteiger partial charge in [-0.2, -0.15) is 0 Å². The molecule has 0 bridgehead atoms. The highest BCUT2D eigenvalue weighted by atomic mass is 16.7. The lowest BCUT2D eigenvalue weighted by molar-refractivity contribution is 0.00578. The molecular weight excluding hydrogens is 357 g/mol. The number of carbonyl (C=O) groups excluding carboxylic acids is 1. The fourth-order valence-corrected chi connectivity index (χ4v) is 3.20. The van der Waals surface area contributed by atoms with E-state index < -0.39 is 23.9 Å². The molecule has 1 amide bonds. The fraction of sp³-hybridized carbons (Fsp3) is 0.700. The molecule has 0 aliphatic carbocycles. The zero-order chi connectivity index (χ0) is 20.7. The van der Waals surface area contributed by atoms with Gasteiger partial charge in [0.1, 0.15) is 5.60 Å². The molecule has 0 aromatic carbocycles. The van der Waals surface area contributed by atoms with Crippen LogP contribution in [0, 0.1) is 0 Å². The number of piperazine rings is 1. The van der Waals surface area contributed by atoms with E-state index in [0.29, 0.717) is 13.1 Å². The summed E-state index contributed by atoms with van der Waals surface area (Å²) in [6.45, 7) is 16.5. The van der Waals surface area contributed by atoms with Crippen molar-refractivity contribution in [3.8, 4) is 0 Å². The maximum atomic E-state index is 12.2. The fourth-order valence-electron chi connectivity index (χ4n) is 3.20. The number of aromatic nitrogens is 1. The minimum Gasteiger partial charge on any atom is -0.444 e. The third-order valence-electron chi connectivity index (χ3n) is 5.56. The Kier molecular flexibility index (Phi) is 5.40. The summed E-state index contributed by atoms with van der Waals surface area (Å²) in [6, 6.07) is 4.00. The van der Waals surface area contributed by atoms with E-state index >= 15 is 0 Å². The average Bonchev–Trinajstić information content (AvgIpc) is 2.81. The summed E-state index contributed by atoms with van der Waals surface area (Å²) in [5.41, 5.74) is 0.564. The van der Waals surface area contributed by atoms with Gasteiger partial charge in [-0.25, -0.2) is 4.79 Å². The predicted molar refractivity (Wildman–Crippen MR) is 110 cm³/mol. The smallest absolute Gasteiger partial charge is 0.444 e. The molecule has 0 unspecified atom stereocenters. The van der Waals surface area contributed by atoms with Crippen LogP contribution in [0.3, 0.4) is 0 Å². The third-order valence-corrected chi connectivity index (χ3v) is 5.56. The average molecular weight is 389 g/mol. The van der Waals surface area contributed by atoms with Gasteiger partial charge in [0.25, 0.3) is 0 Å². The number of nitrogens with zero attached hydrogens (tertiary/aromatic N) is 3. The molecule has 3 rings (SSSR count). The molecule has 2 aliphatic rings. The van der Waals surface area contributed by atoms with Crippen LogP contribution in [0.1, 0.15) is 48.5 Å². The summed E-state index contributed by atoms with van der Waals surface area (Å²) >= 11 is 0. The first-order chi connectivity index (χ1) is 12.9. The summed E-state index contributed by atoms with van der Waals surface area (Å²) < 4.78 is 17.7. The van der Waals surface area contributed by atoms with Crippen LogP contribution >= 0.6 is 0 Å². The number of carbonyl (C=O) groups is 1. The third kappa shape index (κ3) is 4.44. The molecule has 154 valence electrons. The minimum atomic E-state index is -0.479. The van der Waals surface area contributed by atoms with Crippen LogP contribution in [0.4, 0.5) is 10.5 Å². The van der Waals surface area contributed by atoms with E-state index in [-0.39, 0.29) is 6.09 Å². The zero-order valence-electron chi connectivity index (χ0n) is 18.1. The van der Waals surface area contributed by atoms with Gasteiger partial charge in [-0.15, -0.1) is 0 Å². The Bertz CT molecular complexity index is 708. The molecule has 2 fully saturated rings. The van der Waals surface area contributed by atoms with E-state index in [1.54, 1.807) is 11.1 Å². The van der Waals surface area contributed by atoms with Gasteiger partial charge in [0.15, 0.2) is 0 Å². The summed E-state index contributed by atoms with van der Waals surface area (Å²) in [4.78, 5) is 20.7. The second-order valence-corrected chi connectivity index (χ2v) is 9.48.